The molecule has 0 bridgehead atoms. The van der Waals surface area contributed by atoms with Gasteiger partial charge in [-0.3, -0.25) is 0 Å². The maximum Gasteiger partial charge on any atom is 0.0991 e. The number of nitriles is 2. The van der Waals surface area contributed by atoms with E-state index in [1.54, 1.807) is 0 Å². The van der Waals surface area contributed by atoms with Gasteiger partial charge in [0.2, 0.25) is 0 Å². The van der Waals surface area contributed by atoms with Crippen molar-refractivity contribution in [2.75, 3.05) is 0 Å². The van der Waals surface area contributed by atoms with Crippen molar-refractivity contribution in [1.29, 1.82) is 10.5 Å². The fraction of sp³-hybridized carbons (Fsp3) is 0. The molecule has 0 fully saturated rings. The highest BCUT2D eigenvalue weighted by atomic mass is 32.1. The highest BCUT2D eigenvalue weighted by Crippen LogP contribution is 2.43. The number of aromatic nitrogens is 2. The third-order valence-corrected chi connectivity index (χ3v) is 10.9. The van der Waals surface area contributed by atoms with Crippen molar-refractivity contribution in [3.05, 3.63) is 157 Å². The van der Waals surface area contributed by atoms with Crippen molar-refractivity contribution >= 4 is 75.1 Å². The molecular formula is C44H24N4S. The molecule has 3 heterocycles. The molecule has 0 amide bonds. The van der Waals surface area contributed by atoms with Gasteiger partial charge in [-0.25, -0.2) is 0 Å². The topological polar surface area (TPSA) is 57.4 Å². The van der Waals surface area contributed by atoms with Crippen LogP contribution in [-0.2, 0) is 0 Å². The normalized spacial score (nSPS) is 11.6. The van der Waals surface area contributed by atoms with E-state index in [2.05, 4.69) is 143 Å². The molecule has 0 unspecified atom stereocenters. The fourth-order valence-corrected chi connectivity index (χ4v) is 8.73. The van der Waals surface area contributed by atoms with E-state index >= 15 is 0 Å². The zero-order chi connectivity index (χ0) is 32.6. The van der Waals surface area contributed by atoms with Crippen LogP contribution < -0.4 is 0 Å². The molecule has 0 aliphatic rings. The van der Waals surface area contributed by atoms with Crippen LogP contribution in [0.3, 0.4) is 0 Å². The van der Waals surface area contributed by atoms with E-state index in [1.807, 2.05) is 35.6 Å². The Kier molecular flexibility index (Phi) is 5.84. The van der Waals surface area contributed by atoms with E-state index in [1.165, 1.54) is 20.2 Å². The highest BCUT2D eigenvalue weighted by molar-refractivity contribution is 7.26. The molecule has 0 atom stereocenters. The summed E-state index contributed by atoms with van der Waals surface area (Å²) in [6.45, 7) is 0. The summed E-state index contributed by atoms with van der Waals surface area (Å²) >= 11 is 1.82. The fourth-order valence-electron chi connectivity index (χ4n) is 7.62. The smallest absolute Gasteiger partial charge is 0.0991 e. The van der Waals surface area contributed by atoms with Crippen LogP contribution in [0, 0.1) is 22.7 Å². The largest absolute Gasteiger partial charge is 0.309 e. The van der Waals surface area contributed by atoms with Crippen LogP contribution in [0.1, 0.15) is 11.1 Å². The second-order valence-electron chi connectivity index (χ2n) is 12.4. The molecule has 4 nitrogen and oxygen atoms in total. The molecule has 0 radical (unpaired) electrons. The van der Waals surface area contributed by atoms with Crippen molar-refractivity contribution in [1.82, 2.24) is 9.13 Å². The first-order chi connectivity index (χ1) is 24.2. The molecule has 3 aromatic heterocycles. The Labute approximate surface area is 285 Å². The molecule has 0 N–H and O–H groups in total. The minimum Gasteiger partial charge on any atom is -0.309 e. The zero-order valence-electron chi connectivity index (χ0n) is 26.1. The van der Waals surface area contributed by atoms with Crippen LogP contribution >= 0.6 is 11.3 Å². The lowest BCUT2D eigenvalue weighted by molar-refractivity contribution is 1.18. The van der Waals surface area contributed by atoms with Gasteiger partial charge in [0.25, 0.3) is 0 Å². The van der Waals surface area contributed by atoms with Crippen molar-refractivity contribution in [2.45, 2.75) is 0 Å². The van der Waals surface area contributed by atoms with Gasteiger partial charge in [0.15, 0.2) is 0 Å². The number of rotatable bonds is 3. The van der Waals surface area contributed by atoms with Crippen LogP contribution in [0.15, 0.2) is 146 Å². The molecule has 0 saturated carbocycles. The van der Waals surface area contributed by atoms with Gasteiger partial charge in [-0.2, -0.15) is 10.5 Å². The van der Waals surface area contributed by atoms with Gasteiger partial charge in [0.1, 0.15) is 0 Å². The molecule has 0 aliphatic heterocycles. The Morgan fingerprint density at radius 3 is 1.73 bits per heavy atom. The summed E-state index contributed by atoms with van der Waals surface area (Å²) in [4.78, 5) is 0. The van der Waals surface area contributed by atoms with Crippen LogP contribution in [0.25, 0.3) is 86.3 Å². The highest BCUT2D eigenvalue weighted by Gasteiger charge is 2.19. The average molecular weight is 641 g/mol. The molecule has 10 rings (SSSR count). The second kappa shape index (κ2) is 10.4. The minimum atomic E-state index is 0.654. The average Bonchev–Trinajstić information content (AvgIpc) is 3.82. The van der Waals surface area contributed by atoms with Gasteiger partial charge in [-0.15, -0.1) is 11.3 Å². The predicted molar refractivity (Wildman–Crippen MR) is 203 cm³/mol. The van der Waals surface area contributed by atoms with Crippen LogP contribution in [0.4, 0.5) is 0 Å². The van der Waals surface area contributed by atoms with E-state index in [0.717, 1.165) is 66.1 Å². The Bertz CT molecular complexity index is 3090. The zero-order valence-corrected chi connectivity index (χ0v) is 26.9. The Hall–Kier alpha value is -6.66. The summed E-state index contributed by atoms with van der Waals surface area (Å²) in [5.41, 5.74) is 10.1. The first-order valence-corrected chi connectivity index (χ1v) is 16.9. The number of nitrogens with zero attached hydrogens (tertiary/aromatic N) is 4. The first kappa shape index (κ1) is 27.5. The third kappa shape index (κ3) is 4.01. The Morgan fingerprint density at radius 1 is 0.429 bits per heavy atom. The number of para-hydroxylation sites is 1. The van der Waals surface area contributed by atoms with Crippen LogP contribution in [0.5, 0.6) is 0 Å². The number of fused-ring (bicyclic) bond motifs is 10. The minimum absolute atomic E-state index is 0.654. The van der Waals surface area contributed by atoms with E-state index in [0.29, 0.717) is 11.1 Å². The van der Waals surface area contributed by atoms with Crippen LogP contribution in [0.2, 0.25) is 0 Å². The number of hydrogen-bond acceptors (Lipinski definition) is 3. The molecular weight excluding hydrogens is 617 g/mol. The molecule has 0 saturated heterocycles. The summed E-state index contributed by atoms with van der Waals surface area (Å²) in [6.07, 6.45) is 0. The van der Waals surface area contributed by atoms with Crippen LogP contribution in [-0.4, -0.2) is 9.13 Å². The van der Waals surface area contributed by atoms with Gasteiger partial charge >= 0.3 is 0 Å². The Balaban J connectivity index is 1.21. The van der Waals surface area contributed by atoms with Crippen molar-refractivity contribution in [2.24, 2.45) is 0 Å². The van der Waals surface area contributed by atoms with E-state index in [4.69, 9.17) is 0 Å². The molecule has 5 heteroatoms. The van der Waals surface area contributed by atoms with Gasteiger partial charge in [0, 0.05) is 53.1 Å². The van der Waals surface area contributed by atoms with E-state index in [-0.39, 0.29) is 0 Å². The summed E-state index contributed by atoms with van der Waals surface area (Å²) in [5.74, 6) is 0. The quantitative estimate of drug-likeness (QED) is 0.193. The molecule has 49 heavy (non-hydrogen) atoms. The monoisotopic (exact) mass is 640 g/mol. The maximum atomic E-state index is 9.80. The molecule has 0 spiro atoms. The van der Waals surface area contributed by atoms with Crippen molar-refractivity contribution in [3.63, 3.8) is 0 Å². The van der Waals surface area contributed by atoms with Crippen molar-refractivity contribution < 1.29 is 0 Å². The van der Waals surface area contributed by atoms with E-state index in [9.17, 15) is 10.5 Å². The lowest BCUT2D eigenvalue weighted by Gasteiger charge is -2.13. The summed E-state index contributed by atoms with van der Waals surface area (Å²) < 4.78 is 7.17. The standard InChI is InChI=1S/C44H24N4S/c45-25-27-15-18-39-36(21-27)33-11-1-3-13-38(33)47(39)31-9-5-7-29(23-31)30-8-6-10-32(24-30)48-40-19-16-28(26-46)22-37(40)34-17-20-42-43(44(34)48)35-12-2-4-14-41(35)49-42/h1-24H. The predicted octanol–water partition coefficient (Wildman–Crippen LogP) is 11.7. The molecule has 7 aromatic carbocycles. The number of thiophene rings is 1. The van der Waals surface area contributed by atoms with Crippen molar-refractivity contribution in [3.8, 4) is 34.6 Å². The molecule has 226 valence electrons. The lowest BCUT2D eigenvalue weighted by Crippen LogP contribution is -1.96. The van der Waals surface area contributed by atoms with Gasteiger partial charge in [-0.05, 0) is 90.0 Å². The SMILES string of the molecule is N#Cc1ccc2c(c1)c1ccccc1n2-c1cccc(-c2cccc(-n3c4ccc(C#N)cc4c4ccc5sc6ccccc6c5c43)c2)c1. The molecule has 0 aliphatic carbocycles. The van der Waals surface area contributed by atoms with Gasteiger partial charge < -0.3 is 9.13 Å². The first-order valence-electron chi connectivity index (χ1n) is 16.1. The number of hydrogen-bond donors (Lipinski definition) is 0. The third-order valence-electron chi connectivity index (χ3n) is 9.74. The lowest BCUT2D eigenvalue weighted by atomic mass is 10.0. The number of benzene rings is 7. The van der Waals surface area contributed by atoms with E-state index < -0.39 is 0 Å². The van der Waals surface area contributed by atoms with Gasteiger partial charge in [-0.1, -0.05) is 66.7 Å². The maximum absolute atomic E-state index is 9.80. The Morgan fingerprint density at radius 2 is 1.02 bits per heavy atom. The summed E-state index contributed by atoms with van der Waals surface area (Å²) in [6, 6.07) is 55.5. The summed E-state index contributed by atoms with van der Waals surface area (Å²) in [5, 5.41) is 26.3. The van der Waals surface area contributed by atoms with Gasteiger partial charge in [0.05, 0.1) is 45.3 Å². The second-order valence-corrected chi connectivity index (χ2v) is 13.5. The molecule has 10 aromatic rings. The summed E-state index contributed by atoms with van der Waals surface area (Å²) in [7, 11) is 0.